The fourth-order valence-electron chi connectivity index (χ4n) is 2.27. The van der Waals surface area contributed by atoms with Gasteiger partial charge in [0.1, 0.15) is 0 Å². The van der Waals surface area contributed by atoms with Crippen molar-refractivity contribution in [2.45, 2.75) is 84.1 Å². The molecule has 1 unspecified atom stereocenters. The molecular formula is C16H35NO. The predicted octanol–water partition coefficient (Wildman–Crippen LogP) is 4.53. The summed E-state index contributed by atoms with van der Waals surface area (Å²) in [6.45, 7) is 6.03. The van der Waals surface area contributed by atoms with Crippen molar-refractivity contribution in [1.29, 1.82) is 0 Å². The van der Waals surface area contributed by atoms with E-state index in [1.807, 2.05) is 7.05 Å². The van der Waals surface area contributed by atoms with Crippen LogP contribution in [-0.2, 0) is 4.74 Å². The Labute approximate surface area is 115 Å². The minimum Gasteiger partial charge on any atom is -0.380 e. The van der Waals surface area contributed by atoms with E-state index in [0.717, 1.165) is 13.2 Å². The second-order valence-corrected chi connectivity index (χ2v) is 5.26. The van der Waals surface area contributed by atoms with Crippen molar-refractivity contribution >= 4 is 0 Å². The molecule has 18 heavy (non-hydrogen) atoms. The molecule has 0 aliphatic carbocycles. The van der Waals surface area contributed by atoms with Crippen molar-refractivity contribution in [3.05, 3.63) is 0 Å². The van der Waals surface area contributed by atoms with Crippen LogP contribution >= 0.6 is 0 Å². The van der Waals surface area contributed by atoms with E-state index in [1.54, 1.807) is 0 Å². The van der Waals surface area contributed by atoms with E-state index in [-0.39, 0.29) is 0 Å². The quantitative estimate of drug-likeness (QED) is 0.462. The molecule has 2 nitrogen and oxygen atoms in total. The predicted molar refractivity (Wildman–Crippen MR) is 81.2 cm³/mol. The van der Waals surface area contributed by atoms with Crippen LogP contribution in [0.2, 0.25) is 0 Å². The second kappa shape index (κ2) is 15.0. The lowest BCUT2D eigenvalue weighted by molar-refractivity contribution is 0.121. The third-order valence-corrected chi connectivity index (χ3v) is 3.59. The summed E-state index contributed by atoms with van der Waals surface area (Å²) in [6, 6.07) is 0.550. The van der Waals surface area contributed by atoms with Crippen LogP contribution in [0.3, 0.4) is 0 Å². The topological polar surface area (TPSA) is 21.3 Å². The molecule has 2 heteroatoms. The molecule has 0 rings (SSSR count). The van der Waals surface area contributed by atoms with Gasteiger partial charge in [0.05, 0.1) is 6.61 Å². The maximum absolute atomic E-state index is 5.46. The van der Waals surface area contributed by atoms with Gasteiger partial charge in [-0.3, -0.25) is 0 Å². The maximum Gasteiger partial charge on any atom is 0.0619 e. The molecule has 0 bridgehead atoms. The monoisotopic (exact) mass is 257 g/mol. The fraction of sp³-hybridized carbons (Fsp3) is 1.00. The minimum atomic E-state index is 0.550. The Morgan fingerprint density at radius 1 is 0.833 bits per heavy atom. The van der Waals surface area contributed by atoms with Crippen molar-refractivity contribution in [1.82, 2.24) is 5.32 Å². The van der Waals surface area contributed by atoms with Gasteiger partial charge in [0.2, 0.25) is 0 Å². The molecule has 0 aromatic heterocycles. The van der Waals surface area contributed by atoms with Crippen molar-refractivity contribution < 1.29 is 4.74 Å². The number of unbranched alkanes of at least 4 members (excludes halogenated alkanes) is 8. The zero-order chi connectivity index (χ0) is 13.5. The average molecular weight is 257 g/mol. The summed E-state index contributed by atoms with van der Waals surface area (Å²) in [5.74, 6) is 0. The maximum atomic E-state index is 5.46. The van der Waals surface area contributed by atoms with Crippen molar-refractivity contribution in [2.75, 3.05) is 20.3 Å². The molecule has 0 fully saturated rings. The number of likely N-dealkylation sites (N-methyl/N-ethyl adjacent to an activating group) is 1. The lowest BCUT2D eigenvalue weighted by Gasteiger charge is -2.15. The SMILES string of the molecule is CCCCCCCCCCCC(COCC)NC. The number of nitrogens with one attached hydrogen (secondary N) is 1. The molecule has 1 atom stereocenters. The third-order valence-electron chi connectivity index (χ3n) is 3.59. The first kappa shape index (κ1) is 17.9. The van der Waals surface area contributed by atoms with E-state index < -0.39 is 0 Å². The van der Waals surface area contributed by atoms with Crippen LogP contribution in [0.25, 0.3) is 0 Å². The number of hydrogen-bond acceptors (Lipinski definition) is 2. The lowest BCUT2D eigenvalue weighted by atomic mass is 10.0. The van der Waals surface area contributed by atoms with E-state index in [1.165, 1.54) is 64.2 Å². The van der Waals surface area contributed by atoms with E-state index in [2.05, 4.69) is 19.2 Å². The molecule has 0 amide bonds. The molecule has 0 saturated carbocycles. The molecule has 0 aromatic carbocycles. The van der Waals surface area contributed by atoms with Gasteiger partial charge in [0, 0.05) is 12.6 Å². The van der Waals surface area contributed by atoms with Gasteiger partial charge in [0.25, 0.3) is 0 Å². The summed E-state index contributed by atoms with van der Waals surface area (Å²) in [4.78, 5) is 0. The summed E-state index contributed by atoms with van der Waals surface area (Å²) in [7, 11) is 2.04. The Bertz CT molecular complexity index is 150. The zero-order valence-corrected chi connectivity index (χ0v) is 13.0. The molecule has 0 spiro atoms. The largest absolute Gasteiger partial charge is 0.380 e. The van der Waals surface area contributed by atoms with Crippen LogP contribution < -0.4 is 5.32 Å². The van der Waals surface area contributed by atoms with Gasteiger partial charge >= 0.3 is 0 Å². The third kappa shape index (κ3) is 12.4. The van der Waals surface area contributed by atoms with Crippen LogP contribution in [0.4, 0.5) is 0 Å². The van der Waals surface area contributed by atoms with E-state index in [4.69, 9.17) is 4.74 Å². The first-order valence-electron chi connectivity index (χ1n) is 8.10. The van der Waals surface area contributed by atoms with Gasteiger partial charge in [0.15, 0.2) is 0 Å². The van der Waals surface area contributed by atoms with E-state index in [9.17, 15) is 0 Å². The van der Waals surface area contributed by atoms with Gasteiger partial charge in [-0.1, -0.05) is 64.7 Å². The van der Waals surface area contributed by atoms with Gasteiger partial charge in [-0.2, -0.15) is 0 Å². The number of rotatable bonds is 14. The molecule has 1 N–H and O–H groups in total. The average Bonchev–Trinajstić information content (AvgIpc) is 2.40. The summed E-state index contributed by atoms with van der Waals surface area (Å²) in [5, 5.41) is 3.34. The Kier molecular flexibility index (Phi) is 14.9. The standard InChI is InChI=1S/C16H35NO/c1-4-6-7-8-9-10-11-12-13-14-16(17-3)15-18-5-2/h16-17H,4-15H2,1-3H3. The first-order chi connectivity index (χ1) is 8.85. The molecule has 0 aliphatic rings. The Morgan fingerprint density at radius 3 is 1.89 bits per heavy atom. The molecule has 0 saturated heterocycles. The zero-order valence-electron chi connectivity index (χ0n) is 13.0. The van der Waals surface area contributed by atoms with Crippen molar-refractivity contribution in [3.63, 3.8) is 0 Å². The number of hydrogen-bond donors (Lipinski definition) is 1. The van der Waals surface area contributed by atoms with Crippen LogP contribution in [0.1, 0.15) is 78.1 Å². The van der Waals surface area contributed by atoms with Gasteiger partial charge in [-0.25, -0.2) is 0 Å². The highest BCUT2D eigenvalue weighted by Crippen LogP contribution is 2.11. The van der Waals surface area contributed by atoms with Crippen molar-refractivity contribution in [3.8, 4) is 0 Å². The Hall–Kier alpha value is -0.0800. The molecule has 0 radical (unpaired) electrons. The lowest BCUT2D eigenvalue weighted by Crippen LogP contribution is -2.30. The highest BCUT2D eigenvalue weighted by atomic mass is 16.5. The molecule has 110 valence electrons. The highest BCUT2D eigenvalue weighted by molar-refractivity contribution is 4.63. The molecule has 0 aliphatic heterocycles. The Morgan fingerprint density at radius 2 is 1.39 bits per heavy atom. The van der Waals surface area contributed by atoms with Gasteiger partial charge in [-0.15, -0.1) is 0 Å². The molecule has 0 aromatic rings. The van der Waals surface area contributed by atoms with Gasteiger partial charge in [-0.05, 0) is 20.4 Å². The Balaban J connectivity index is 3.17. The van der Waals surface area contributed by atoms with E-state index >= 15 is 0 Å². The fourth-order valence-corrected chi connectivity index (χ4v) is 2.27. The smallest absolute Gasteiger partial charge is 0.0619 e. The summed E-state index contributed by atoms with van der Waals surface area (Å²) in [6.07, 6.45) is 13.9. The van der Waals surface area contributed by atoms with Crippen LogP contribution in [-0.4, -0.2) is 26.3 Å². The van der Waals surface area contributed by atoms with Crippen LogP contribution in [0.15, 0.2) is 0 Å². The molecular weight excluding hydrogens is 222 g/mol. The highest BCUT2D eigenvalue weighted by Gasteiger charge is 2.04. The van der Waals surface area contributed by atoms with Crippen LogP contribution in [0, 0.1) is 0 Å². The van der Waals surface area contributed by atoms with Crippen LogP contribution in [0.5, 0.6) is 0 Å². The normalized spacial score (nSPS) is 12.8. The molecule has 0 heterocycles. The minimum absolute atomic E-state index is 0.550. The van der Waals surface area contributed by atoms with Crippen molar-refractivity contribution in [2.24, 2.45) is 0 Å². The van der Waals surface area contributed by atoms with Gasteiger partial charge < -0.3 is 10.1 Å². The summed E-state index contributed by atoms with van der Waals surface area (Å²) >= 11 is 0. The van der Waals surface area contributed by atoms with E-state index in [0.29, 0.717) is 6.04 Å². The first-order valence-corrected chi connectivity index (χ1v) is 8.10. The number of ether oxygens (including phenoxy) is 1. The summed E-state index contributed by atoms with van der Waals surface area (Å²) < 4.78 is 5.46. The summed E-state index contributed by atoms with van der Waals surface area (Å²) in [5.41, 5.74) is 0. The second-order valence-electron chi connectivity index (χ2n) is 5.26.